The minimum Gasteiger partial charge on any atom is -0.392 e. The Morgan fingerprint density at radius 2 is 2.46 bits per heavy atom. The highest BCUT2D eigenvalue weighted by Gasteiger charge is 1.98. The van der Waals surface area contributed by atoms with E-state index in [4.69, 9.17) is 0 Å². The van der Waals surface area contributed by atoms with Gasteiger partial charge >= 0.3 is 0 Å². The van der Waals surface area contributed by atoms with Gasteiger partial charge in [-0.2, -0.15) is 0 Å². The molecule has 3 heteroatoms. The van der Waals surface area contributed by atoms with Crippen molar-refractivity contribution in [1.82, 2.24) is 10.3 Å². The van der Waals surface area contributed by atoms with Gasteiger partial charge in [-0.1, -0.05) is 13.0 Å². The molecule has 3 nitrogen and oxygen atoms in total. The minimum absolute atomic E-state index is 0.239. The maximum Gasteiger partial charge on any atom is 0.0662 e. The molecule has 1 heterocycles. The monoisotopic (exact) mass is 180 g/mol. The Bertz CT molecular complexity index is 226. The number of aromatic nitrogens is 1. The Balaban J connectivity index is 2.20. The predicted molar refractivity (Wildman–Crippen MR) is 52.2 cm³/mol. The van der Waals surface area contributed by atoms with Gasteiger partial charge in [0.2, 0.25) is 0 Å². The summed E-state index contributed by atoms with van der Waals surface area (Å²) in [6, 6.07) is 3.92. The standard InChI is InChI=1S/C10H16N2O/c1-2-10(13)8-12-7-9-4-3-5-11-6-9/h3-6,10,12-13H,2,7-8H2,1H3/t10-/m1/s1. The number of aliphatic hydroxyl groups excluding tert-OH is 1. The lowest BCUT2D eigenvalue weighted by Crippen LogP contribution is -2.25. The molecule has 1 aromatic rings. The van der Waals surface area contributed by atoms with Crippen LogP contribution in [0, 0.1) is 0 Å². The van der Waals surface area contributed by atoms with Gasteiger partial charge in [0.15, 0.2) is 0 Å². The second-order valence-corrected chi connectivity index (χ2v) is 3.05. The van der Waals surface area contributed by atoms with E-state index in [2.05, 4.69) is 10.3 Å². The molecule has 0 fully saturated rings. The maximum absolute atomic E-state index is 9.26. The summed E-state index contributed by atoms with van der Waals surface area (Å²) in [6.07, 6.45) is 4.13. The van der Waals surface area contributed by atoms with Crippen LogP contribution in [0.5, 0.6) is 0 Å². The summed E-state index contributed by atoms with van der Waals surface area (Å²) >= 11 is 0. The Morgan fingerprint density at radius 3 is 3.08 bits per heavy atom. The summed E-state index contributed by atoms with van der Waals surface area (Å²) in [4.78, 5) is 4.00. The van der Waals surface area contributed by atoms with Gasteiger partial charge in [-0.05, 0) is 18.1 Å². The normalized spacial score (nSPS) is 12.8. The Hall–Kier alpha value is -0.930. The van der Waals surface area contributed by atoms with E-state index in [1.54, 1.807) is 6.20 Å². The van der Waals surface area contributed by atoms with Crippen LogP contribution in [0.25, 0.3) is 0 Å². The van der Waals surface area contributed by atoms with Crippen molar-refractivity contribution in [2.24, 2.45) is 0 Å². The predicted octanol–water partition coefficient (Wildman–Crippen LogP) is 0.942. The first kappa shape index (κ1) is 10.2. The molecule has 72 valence electrons. The van der Waals surface area contributed by atoms with Crippen LogP contribution in [-0.2, 0) is 6.54 Å². The van der Waals surface area contributed by atoms with Gasteiger partial charge in [-0.25, -0.2) is 0 Å². The average Bonchev–Trinajstić information content (AvgIpc) is 2.19. The van der Waals surface area contributed by atoms with E-state index in [-0.39, 0.29) is 6.10 Å². The largest absolute Gasteiger partial charge is 0.392 e. The number of nitrogens with zero attached hydrogens (tertiary/aromatic N) is 1. The molecule has 0 spiro atoms. The Morgan fingerprint density at radius 1 is 1.62 bits per heavy atom. The second kappa shape index (κ2) is 5.67. The molecule has 0 amide bonds. The molecule has 0 bridgehead atoms. The fourth-order valence-corrected chi connectivity index (χ4v) is 1.03. The molecule has 1 atom stereocenters. The third kappa shape index (κ3) is 4.01. The van der Waals surface area contributed by atoms with Crippen LogP contribution in [0.15, 0.2) is 24.5 Å². The molecule has 0 saturated carbocycles. The highest BCUT2D eigenvalue weighted by molar-refractivity contribution is 5.07. The lowest BCUT2D eigenvalue weighted by molar-refractivity contribution is 0.167. The molecule has 1 aromatic heterocycles. The smallest absolute Gasteiger partial charge is 0.0662 e. The molecule has 0 aromatic carbocycles. The molecule has 0 aliphatic rings. The first-order valence-corrected chi connectivity index (χ1v) is 4.60. The fraction of sp³-hybridized carbons (Fsp3) is 0.500. The molecule has 0 aliphatic carbocycles. The summed E-state index contributed by atoms with van der Waals surface area (Å²) in [5, 5.41) is 12.4. The number of hydrogen-bond donors (Lipinski definition) is 2. The van der Waals surface area contributed by atoms with Crippen molar-refractivity contribution in [1.29, 1.82) is 0 Å². The van der Waals surface area contributed by atoms with Crippen molar-refractivity contribution in [3.63, 3.8) is 0 Å². The van der Waals surface area contributed by atoms with Crippen LogP contribution in [-0.4, -0.2) is 22.7 Å². The highest BCUT2D eigenvalue weighted by Crippen LogP contribution is 1.94. The lowest BCUT2D eigenvalue weighted by atomic mass is 10.2. The number of nitrogens with one attached hydrogen (secondary N) is 1. The maximum atomic E-state index is 9.26. The van der Waals surface area contributed by atoms with Gasteiger partial charge in [0, 0.05) is 25.5 Å². The van der Waals surface area contributed by atoms with E-state index in [9.17, 15) is 5.11 Å². The van der Waals surface area contributed by atoms with Gasteiger partial charge in [-0.3, -0.25) is 4.98 Å². The summed E-state index contributed by atoms with van der Waals surface area (Å²) in [7, 11) is 0. The molecule has 0 unspecified atom stereocenters. The van der Waals surface area contributed by atoms with Gasteiger partial charge in [0.25, 0.3) is 0 Å². The minimum atomic E-state index is -0.239. The van der Waals surface area contributed by atoms with Crippen molar-refractivity contribution >= 4 is 0 Å². The van der Waals surface area contributed by atoms with Crippen molar-refractivity contribution in [2.45, 2.75) is 26.0 Å². The zero-order chi connectivity index (χ0) is 9.52. The van der Waals surface area contributed by atoms with Gasteiger partial charge in [-0.15, -0.1) is 0 Å². The Labute approximate surface area is 78.8 Å². The van der Waals surface area contributed by atoms with E-state index in [0.29, 0.717) is 6.54 Å². The molecule has 0 radical (unpaired) electrons. The number of aliphatic hydroxyl groups is 1. The molecular weight excluding hydrogens is 164 g/mol. The first-order chi connectivity index (χ1) is 6.33. The van der Waals surface area contributed by atoms with Crippen LogP contribution < -0.4 is 5.32 Å². The van der Waals surface area contributed by atoms with Gasteiger partial charge in [0.1, 0.15) is 0 Å². The number of rotatable bonds is 5. The molecule has 1 rings (SSSR count). The van der Waals surface area contributed by atoms with Crippen molar-refractivity contribution in [3.8, 4) is 0 Å². The zero-order valence-electron chi connectivity index (χ0n) is 7.90. The van der Waals surface area contributed by atoms with Gasteiger partial charge in [0.05, 0.1) is 6.10 Å². The van der Waals surface area contributed by atoms with Crippen molar-refractivity contribution < 1.29 is 5.11 Å². The molecule has 2 N–H and O–H groups in total. The van der Waals surface area contributed by atoms with E-state index < -0.39 is 0 Å². The quantitative estimate of drug-likeness (QED) is 0.709. The molecular formula is C10H16N2O. The van der Waals surface area contributed by atoms with Crippen molar-refractivity contribution in [3.05, 3.63) is 30.1 Å². The van der Waals surface area contributed by atoms with Crippen LogP contribution in [0.1, 0.15) is 18.9 Å². The number of hydrogen-bond acceptors (Lipinski definition) is 3. The topological polar surface area (TPSA) is 45.1 Å². The molecule has 13 heavy (non-hydrogen) atoms. The average molecular weight is 180 g/mol. The third-order valence-electron chi connectivity index (χ3n) is 1.90. The van der Waals surface area contributed by atoms with E-state index >= 15 is 0 Å². The SMILES string of the molecule is CC[C@@H](O)CNCc1cccnc1. The lowest BCUT2D eigenvalue weighted by Gasteiger charge is -2.08. The number of pyridine rings is 1. The van der Waals surface area contributed by atoms with E-state index in [0.717, 1.165) is 18.5 Å². The summed E-state index contributed by atoms with van der Waals surface area (Å²) < 4.78 is 0. The Kier molecular flexibility index (Phi) is 4.43. The highest BCUT2D eigenvalue weighted by atomic mass is 16.3. The summed E-state index contributed by atoms with van der Waals surface area (Å²) in [5.74, 6) is 0. The van der Waals surface area contributed by atoms with Crippen molar-refractivity contribution in [2.75, 3.05) is 6.54 Å². The van der Waals surface area contributed by atoms with E-state index in [1.807, 2.05) is 25.3 Å². The van der Waals surface area contributed by atoms with Crippen LogP contribution in [0.4, 0.5) is 0 Å². The summed E-state index contributed by atoms with van der Waals surface area (Å²) in [6.45, 7) is 3.38. The fourth-order valence-electron chi connectivity index (χ4n) is 1.03. The molecule has 0 aliphatic heterocycles. The van der Waals surface area contributed by atoms with Crippen LogP contribution in [0.3, 0.4) is 0 Å². The van der Waals surface area contributed by atoms with Crippen LogP contribution >= 0.6 is 0 Å². The van der Waals surface area contributed by atoms with E-state index in [1.165, 1.54) is 0 Å². The molecule has 0 saturated heterocycles. The zero-order valence-corrected chi connectivity index (χ0v) is 7.90. The van der Waals surface area contributed by atoms with Gasteiger partial charge < -0.3 is 10.4 Å². The second-order valence-electron chi connectivity index (χ2n) is 3.05. The summed E-state index contributed by atoms with van der Waals surface area (Å²) in [5.41, 5.74) is 1.14. The third-order valence-corrected chi connectivity index (χ3v) is 1.90. The first-order valence-electron chi connectivity index (χ1n) is 4.60. The van der Waals surface area contributed by atoms with Crippen LogP contribution in [0.2, 0.25) is 0 Å².